The molecular formula is C24H20F4N6O2S. The number of nitrogens with zero attached hydrogens (tertiary/aromatic N) is 6. The van der Waals surface area contributed by atoms with E-state index in [2.05, 4.69) is 24.9 Å². The lowest BCUT2D eigenvalue weighted by Crippen LogP contribution is -2.76. The average Bonchev–Trinajstić information content (AvgIpc) is 3.44. The molecule has 2 heterocycles. The van der Waals surface area contributed by atoms with E-state index in [1.165, 1.54) is 0 Å². The Morgan fingerprint density at radius 2 is 1.84 bits per heavy atom. The molecule has 0 radical (unpaired) electrons. The van der Waals surface area contributed by atoms with Crippen molar-refractivity contribution in [2.75, 3.05) is 0 Å². The lowest BCUT2D eigenvalue weighted by molar-refractivity contribution is -0.347. The highest BCUT2D eigenvalue weighted by molar-refractivity contribution is 7.07. The van der Waals surface area contributed by atoms with E-state index >= 15 is 8.78 Å². The van der Waals surface area contributed by atoms with Crippen molar-refractivity contribution in [2.24, 2.45) is 5.41 Å². The predicted octanol–water partition coefficient (Wildman–Crippen LogP) is 4.55. The highest BCUT2D eigenvalue weighted by atomic mass is 32.1. The maximum absolute atomic E-state index is 16.3. The number of halogens is 4. The van der Waals surface area contributed by atoms with Crippen molar-refractivity contribution in [1.29, 1.82) is 0 Å². The topological polar surface area (TPSA) is 98.8 Å². The van der Waals surface area contributed by atoms with E-state index in [9.17, 15) is 13.9 Å². The van der Waals surface area contributed by atoms with Gasteiger partial charge in [0.05, 0.1) is 6.54 Å². The molecule has 0 saturated heterocycles. The fourth-order valence-electron chi connectivity index (χ4n) is 5.83. The SMILES string of the molecule is Cc1nsc(Oc2ccc(C34CC(C(F)(F)C(O)(Cn5cnnn5)c5ccc(F)cc5F)(C3)C4)cc2)n1. The summed E-state index contributed by atoms with van der Waals surface area (Å²) in [5.74, 6) is -4.82. The van der Waals surface area contributed by atoms with Gasteiger partial charge < -0.3 is 9.84 Å². The summed E-state index contributed by atoms with van der Waals surface area (Å²) >= 11 is 1.13. The molecule has 4 aromatic rings. The third-order valence-corrected chi connectivity index (χ3v) is 8.24. The van der Waals surface area contributed by atoms with Gasteiger partial charge >= 0.3 is 0 Å². The molecular weight excluding hydrogens is 512 g/mol. The lowest BCUT2D eigenvalue weighted by atomic mass is 9.30. The molecule has 0 aliphatic heterocycles. The van der Waals surface area contributed by atoms with Gasteiger partial charge in [0.2, 0.25) is 0 Å². The minimum absolute atomic E-state index is 0.101. The zero-order valence-electron chi connectivity index (χ0n) is 19.4. The Bertz CT molecular complexity index is 1440. The van der Waals surface area contributed by atoms with Crippen LogP contribution >= 0.6 is 11.5 Å². The average molecular weight is 533 g/mol. The molecule has 0 spiro atoms. The molecule has 2 bridgehead atoms. The molecule has 1 unspecified atom stereocenters. The number of hydrogen-bond acceptors (Lipinski definition) is 8. The first-order chi connectivity index (χ1) is 17.6. The van der Waals surface area contributed by atoms with Crippen molar-refractivity contribution < 1.29 is 27.4 Å². The van der Waals surface area contributed by atoms with Gasteiger partial charge in [-0.1, -0.05) is 12.1 Å². The van der Waals surface area contributed by atoms with E-state index in [4.69, 9.17) is 4.74 Å². The number of rotatable bonds is 8. The number of aromatic nitrogens is 6. The third-order valence-electron chi connectivity index (χ3n) is 7.56. The summed E-state index contributed by atoms with van der Waals surface area (Å²) in [5.41, 5.74) is -4.87. The van der Waals surface area contributed by atoms with Crippen LogP contribution in [0.25, 0.3) is 0 Å². The van der Waals surface area contributed by atoms with Crippen molar-refractivity contribution in [1.82, 2.24) is 29.6 Å². The van der Waals surface area contributed by atoms with E-state index in [-0.39, 0.29) is 19.3 Å². The van der Waals surface area contributed by atoms with Crippen molar-refractivity contribution in [3.05, 3.63) is 77.4 Å². The Balaban J connectivity index is 1.25. The van der Waals surface area contributed by atoms with Crippen LogP contribution in [-0.2, 0) is 17.6 Å². The molecule has 8 nitrogen and oxygen atoms in total. The van der Waals surface area contributed by atoms with E-state index in [1.807, 2.05) is 12.1 Å². The first-order valence-electron chi connectivity index (χ1n) is 11.4. The van der Waals surface area contributed by atoms with Gasteiger partial charge in [-0.15, -0.1) is 5.10 Å². The van der Waals surface area contributed by atoms with Gasteiger partial charge in [-0.05, 0) is 71.9 Å². The summed E-state index contributed by atoms with van der Waals surface area (Å²) < 4.78 is 71.5. The summed E-state index contributed by atoms with van der Waals surface area (Å²) in [6, 6.07) is 9.33. The molecule has 0 amide bonds. The van der Waals surface area contributed by atoms with Crippen LogP contribution in [0.4, 0.5) is 17.6 Å². The molecule has 3 aliphatic carbocycles. The molecule has 3 aliphatic rings. The summed E-state index contributed by atoms with van der Waals surface area (Å²) in [7, 11) is 0. The maximum Gasteiger partial charge on any atom is 0.298 e. The van der Waals surface area contributed by atoms with Crippen molar-refractivity contribution in [3.8, 4) is 10.9 Å². The van der Waals surface area contributed by atoms with Gasteiger partial charge in [0.15, 0.2) is 5.60 Å². The van der Waals surface area contributed by atoms with E-state index < -0.39 is 46.1 Å². The van der Waals surface area contributed by atoms with Gasteiger partial charge in [0, 0.05) is 28.6 Å². The molecule has 1 atom stereocenters. The first-order valence-corrected chi connectivity index (χ1v) is 12.2. The Kier molecular flexibility index (Phi) is 5.19. The second kappa shape index (κ2) is 8.02. The molecule has 3 saturated carbocycles. The second-order valence-electron chi connectivity index (χ2n) is 9.89. The van der Waals surface area contributed by atoms with E-state index in [1.54, 1.807) is 19.1 Å². The Morgan fingerprint density at radius 1 is 1.11 bits per heavy atom. The van der Waals surface area contributed by atoms with Crippen LogP contribution < -0.4 is 4.74 Å². The predicted molar refractivity (Wildman–Crippen MR) is 122 cm³/mol. The molecule has 2 aromatic carbocycles. The molecule has 1 N–H and O–H groups in total. The van der Waals surface area contributed by atoms with Crippen molar-refractivity contribution >= 4 is 11.5 Å². The summed E-state index contributed by atoms with van der Waals surface area (Å²) in [6.07, 6.45) is 1.36. The molecule has 37 heavy (non-hydrogen) atoms. The highest BCUT2D eigenvalue weighted by Crippen LogP contribution is 2.80. The number of alkyl halides is 2. The van der Waals surface area contributed by atoms with E-state index in [0.717, 1.165) is 40.2 Å². The van der Waals surface area contributed by atoms with Crippen LogP contribution in [0, 0.1) is 24.0 Å². The summed E-state index contributed by atoms with van der Waals surface area (Å²) in [4.78, 5) is 4.15. The summed E-state index contributed by atoms with van der Waals surface area (Å²) in [5, 5.41) is 22.3. The highest BCUT2D eigenvalue weighted by Gasteiger charge is 2.82. The molecule has 2 aromatic heterocycles. The summed E-state index contributed by atoms with van der Waals surface area (Å²) in [6.45, 7) is 0.955. The van der Waals surface area contributed by atoms with Crippen LogP contribution in [0.3, 0.4) is 0 Å². The molecule has 7 rings (SSSR count). The molecule has 3 fully saturated rings. The zero-order chi connectivity index (χ0) is 26.1. The zero-order valence-corrected chi connectivity index (χ0v) is 20.2. The van der Waals surface area contributed by atoms with Gasteiger partial charge in [0.1, 0.15) is 29.5 Å². The number of benzene rings is 2. The standard InChI is InChI=1S/C24H20F4N6O2S/c1-14-30-20(37-31-14)36-17-5-2-15(3-6-17)21-9-22(10-21,11-21)24(27,28)23(35,12-34-13-29-32-33-34)18-7-4-16(25)8-19(18)26/h2-8,13,35H,9-12H2,1H3. The fourth-order valence-corrected chi connectivity index (χ4v) is 6.39. The minimum atomic E-state index is -3.77. The minimum Gasteiger partial charge on any atom is -0.430 e. The normalized spacial score (nSPS) is 24.2. The van der Waals surface area contributed by atoms with Crippen molar-refractivity contribution in [3.63, 3.8) is 0 Å². The second-order valence-corrected chi connectivity index (χ2v) is 10.6. The maximum atomic E-state index is 16.3. The number of aliphatic hydroxyl groups is 1. The first kappa shape index (κ1) is 23.9. The third kappa shape index (κ3) is 3.55. The van der Waals surface area contributed by atoms with Crippen molar-refractivity contribution in [2.45, 2.75) is 49.7 Å². The van der Waals surface area contributed by atoms with Crippen LogP contribution in [0.5, 0.6) is 10.9 Å². The van der Waals surface area contributed by atoms with Crippen LogP contribution in [0.2, 0.25) is 0 Å². The Morgan fingerprint density at radius 3 is 2.43 bits per heavy atom. The number of ether oxygens (including phenoxy) is 1. The van der Waals surface area contributed by atoms with E-state index in [0.29, 0.717) is 22.8 Å². The molecule has 13 heteroatoms. The number of hydrogen-bond donors (Lipinski definition) is 1. The van der Waals surface area contributed by atoms with Gasteiger partial charge in [-0.25, -0.2) is 22.2 Å². The van der Waals surface area contributed by atoms with Crippen LogP contribution in [0.1, 0.15) is 36.2 Å². The molecule has 192 valence electrons. The van der Waals surface area contributed by atoms with Gasteiger partial charge in [-0.3, -0.25) is 0 Å². The monoisotopic (exact) mass is 532 g/mol. The van der Waals surface area contributed by atoms with Gasteiger partial charge in [0.25, 0.3) is 11.1 Å². The van der Waals surface area contributed by atoms with Crippen LogP contribution in [0.15, 0.2) is 48.8 Å². The lowest BCUT2D eigenvalue weighted by Gasteiger charge is -2.74. The number of tetrazole rings is 1. The fraction of sp³-hybridized carbons (Fsp3) is 0.375. The quantitative estimate of drug-likeness (QED) is 0.333. The smallest absolute Gasteiger partial charge is 0.298 e. The number of aryl methyl sites for hydroxylation is 1. The Labute approximate surface area is 212 Å². The van der Waals surface area contributed by atoms with Crippen LogP contribution in [-0.4, -0.2) is 40.6 Å². The van der Waals surface area contributed by atoms with Gasteiger partial charge in [-0.2, -0.15) is 9.36 Å². The largest absolute Gasteiger partial charge is 0.430 e. The Hall–Kier alpha value is -3.45.